The fraction of sp³-hybridized carbons (Fsp3) is 0.0769. The third-order valence-corrected chi connectivity index (χ3v) is 16.4. The molecule has 0 fully saturated rings. The molecule has 0 unspecified atom stereocenters. The molecule has 0 aromatic heterocycles. The molecule has 4 nitrogen and oxygen atoms in total. The van der Waals surface area contributed by atoms with Gasteiger partial charge in [0.25, 0.3) is 0 Å². The molecule has 0 aliphatic heterocycles. The summed E-state index contributed by atoms with van der Waals surface area (Å²) >= 11 is 0. The van der Waals surface area contributed by atoms with Crippen LogP contribution in [0.4, 0.5) is 147 Å². The second-order valence-electron chi connectivity index (χ2n) is 22.7. The van der Waals surface area contributed by atoms with Gasteiger partial charge >= 0.3 is 37.1 Å². The highest BCUT2D eigenvalue weighted by Crippen LogP contribution is 2.51. The van der Waals surface area contributed by atoms with Crippen LogP contribution in [0.1, 0.15) is 33.4 Å². The van der Waals surface area contributed by atoms with Gasteiger partial charge in [-0.25, -0.2) is 0 Å². The van der Waals surface area contributed by atoms with Gasteiger partial charge in [-0.2, -0.15) is 79.0 Å². The predicted octanol–water partition coefficient (Wildman–Crippen LogP) is 26.7. The number of rotatable bonds is 15. The summed E-state index contributed by atoms with van der Waals surface area (Å²) in [6, 6.07) is 63.6. The van der Waals surface area contributed by atoms with Crippen LogP contribution in [-0.2, 0) is 37.1 Å². The molecule has 0 spiro atoms. The van der Waals surface area contributed by atoms with Crippen LogP contribution >= 0.6 is 0 Å². The minimum atomic E-state index is -5.18. The molecule has 12 aromatic rings. The summed E-state index contributed by atoms with van der Waals surface area (Å²) in [6.07, 6.45) is -30.6. The Hall–Kier alpha value is -11.4. The number of nitrogens with zero attached hydrogens (tertiary/aromatic N) is 4. The van der Waals surface area contributed by atoms with Crippen LogP contribution in [0.5, 0.6) is 0 Å². The minimum absolute atomic E-state index is 0.111. The van der Waals surface area contributed by atoms with Crippen molar-refractivity contribution in [3.8, 4) is 33.4 Å². The molecule has 12 aromatic carbocycles. The van der Waals surface area contributed by atoms with E-state index < -0.39 is 104 Å². The van der Waals surface area contributed by atoms with Crippen molar-refractivity contribution >= 4 is 68.2 Å². The molecule has 0 aliphatic carbocycles. The quantitative estimate of drug-likeness (QED) is 0.0949. The Kier molecular flexibility index (Phi) is 18.3. The lowest BCUT2D eigenvalue weighted by atomic mass is 9.94. The van der Waals surface area contributed by atoms with Gasteiger partial charge in [-0.1, -0.05) is 127 Å². The molecule has 0 atom stereocenters. The zero-order valence-electron chi connectivity index (χ0n) is 51.3. The molecule has 22 heteroatoms. The smallest absolute Gasteiger partial charge is 0.310 e. The van der Waals surface area contributed by atoms with Gasteiger partial charge in [0.2, 0.25) is 0 Å². The van der Waals surface area contributed by atoms with E-state index >= 15 is 39.5 Å². The van der Waals surface area contributed by atoms with E-state index in [4.69, 9.17) is 0 Å². The topological polar surface area (TPSA) is 13.0 Å². The highest BCUT2D eigenvalue weighted by atomic mass is 19.4. The van der Waals surface area contributed by atoms with Crippen LogP contribution in [0.3, 0.4) is 0 Å². The molecule has 0 N–H and O–H groups in total. The van der Waals surface area contributed by atoms with Crippen molar-refractivity contribution in [2.45, 2.75) is 37.1 Å². The van der Waals surface area contributed by atoms with Crippen molar-refractivity contribution in [2.24, 2.45) is 0 Å². The molecule has 0 bridgehead atoms. The van der Waals surface area contributed by atoms with Crippen molar-refractivity contribution < 1.29 is 79.0 Å². The van der Waals surface area contributed by atoms with Gasteiger partial charge in [-0.15, -0.1) is 0 Å². The SMILES string of the molecule is FC(F)(F)c1ccccc1-c1ccc(N(c2ccccc2)c2ccc(N(c3ccc(N(c4ccccc4)c4ccc(-c5ccccc5C(F)(F)F)c(C(F)(F)F)c4)cc3)c3ccc(N(c4ccccc4)c4ccc(-c5ccccc5C(F)(F)F)c(C(F)(F)F)c4)cc3)cc2)cc1C(F)(F)F. The van der Waals surface area contributed by atoms with Gasteiger partial charge in [0.1, 0.15) is 0 Å². The molecule has 0 amide bonds. The van der Waals surface area contributed by atoms with Crippen molar-refractivity contribution in [1.82, 2.24) is 0 Å². The van der Waals surface area contributed by atoms with Crippen molar-refractivity contribution in [2.75, 3.05) is 19.6 Å². The van der Waals surface area contributed by atoms with Gasteiger partial charge in [-0.05, 0) is 197 Å². The average Bonchev–Trinajstić information content (AvgIpc) is 0.774. The van der Waals surface area contributed by atoms with Crippen molar-refractivity contribution in [3.63, 3.8) is 0 Å². The van der Waals surface area contributed by atoms with Gasteiger partial charge < -0.3 is 19.6 Å². The molecule has 506 valence electrons. The zero-order chi connectivity index (χ0) is 71.1. The molecule has 0 aliphatic rings. The zero-order valence-corrected chi connectivity index (χ0v) is 51.3. The molecule has 0 heterocycles. The lowest BCUT2D eigenvalue weighted by Gasteiger charge is -2.31. The molecule has 12 rings (SSSR count). The van der Waals surface area contributed by atoms with E-state index in [-0.39, 0.29) is 34.1 Å². The Morgan fingerprint density at radius 2 is 0.290 bits per heavy atom. The monoisotopic (exact) mass is 1380 g/mol. The lowest BCUT2D eigenvalue weighted by Crippen LogP contribution is -2.16. The van der Waals surface area contributed by atoms with E-state index in [0.717, 1.165) is 72.8 Å². The summed E-state index contributed by atoms with van der Waals surface area (Å²) in [5.74, 6) is 0. The highest BCUT2D eigenvalue weighted by molar-refractivity contribution is 5.88. The summed E-state index contributed by atoms with van der Waals surface area (Å²) < 4.78 is 266. The first-order valence-electron chi connectivity index (χ1n) is 30.2. The minimum Gasteiger partial charge on any atom is -0.310 e. The number of para-hydroxylation sites is 3. The van der Waals surface area contributed by atoms with E-state index in [1.54, 1.807) is 169 Å². The van der Waals surface area contributed by atoms with E-state index in [1.807, 2.05) is 0 Å². The van der Waals surface area contributed by atoms with Crippen molar-refractivity contribution in [1.29, 1.82) is 0 Å². The van der Waals surface area contributed by atoms with Gasteiger partial charge in [-0.3, -0.25) is 0 Å². The normalized spacial score (nSPS) is 12.3. The number of halogens is 18. The lowest BCUT2D eigenvalue weighted by molar-refractivity contribution is -0.139. The fourth-order valence-corrected chi connectivity index (χ4v) is 12.1. The van der Waals surface area contributed by atoms with Crippen LogP contribution < -0.4 is 19.6 Å². The largest absolute Gasteiger partial charge is 0.417 e. The molecular weight excluding hydrogens is 1330 g/mol. The Morgan fingerprint density at radius 3 is 0.490 bits per heavy atom. The summed E-state index contributed by atoms with van der Waals surface area (Å²) in [5, 5.41) is 0. The standard InChI is InChI=1S/C78H48F18N4/c79-73(80,81)67-25-13-10-22-61(67)64-43-40-58(46-70(64)76(88,89)90)98(49-16-4-1-5-17-49)55-34-28-52(29-35-55)97(53-30-36-56(37-31-53)99(50-18-6-2-7-19-50)59-41-44-65(71(47-59)77(91,92)93)62-23-11-14-26-68(62)74(82,83)84)54-32-38-57(39-33-54)100(51-20-8-3-9-21-51)60-42-45-66(72(48-60)78(94,95)96)63-24-12-15-27-69(63)75(85,86)87/h1-48H. The average molecular weight is 1380 g/mol. The van der Waals surface area contributed by atoms with Gasteiger partial charge in [0.05, 0.1) is 33.4 Å². The molecular formula is C78H48F18N4. The first-order chi connectivity index (χ1) is 47.4. The first-order valence-corrected chi connectivity index (χ1v) is 30.2. The van der Waals surface area contributed by atoms with Crippen LogP contribution in [0, 0.1) is 0 Å². The summed E-state index contributed by atoms with van der Waals surface area (Å²) in [6.45, 7) is 0. The van der Waals surface area contributed by atoms with Crippen LogP contribution in [0.15, 0.2) is 291 Å². The summed E-state index contributed by atoms with van der Waals surface area (Å²) in [5.41, 5.74) is -9.92. The summed E-state index contributed by atoms with van der Waals surface area (Å²) in [7, 11) is 0. The molecule has 0 saturated carbocycles. The first kappa shape index (κ1) is 68.5. The van der Waals surface area contributed by atoms with Crippen LogP contribution in [0.2, 0.25) is 0 Å². The van der Waals surface area contributed by atoms with Gasteiger partial charge in [0.15, 0.2) is 0 Å². The Morgan fingerprint density at radius 1 is 0.140 bits per heavy atom. The van der Waals surface area contributed by atoms with E-state index in [0.29, 0.717) is 52.3 Å². The van der Waals surface area contributed by atoms with Crippen molar-refractivity contribution in [3.05, 3.63) is 325 Å². The third-order valence-electron chi connectivity index (χ3n) is 16.4. The Bertz CT molecular complexity index is 4370. The fourth-order valence-electron chi connectivity index (χ4n) is 12.1. The number of anilines is 12. The number of benzene rings is 12. The highest BCUT2D eigenvalue weighted by Gasteiger charge is 2.42. The van der Waals surface area contributed by atoms with E-state index in [9.17, 15) is 39.5 Å². The van der Waals surface area contributed by atoms with E-state index in [2.05, 4.69) is 0 Å². The van der Waals surface area contributed by atoms with Crippen LogP contribution in [0.25, 0.3) is 33.4 Å². The maximum Gasteiger partial charge on any atom is 0.417 e. The maximum absolute atomic E-state index is 15.3. The second kappa shape index (κ2) is 26.8. The number of hydrogen-bond acceptors (Lipinski definition) is 4. The number of hydrogen-bond donors (Lipinski definition) is 0. The maximum atomic E-state index is 15.3. The Balaban J connectivity index is 0.998. The predicted molar refractivity (Wildman–Crippen MR) is 351 cm³/mol. The third kappa shape index (κ3) is 14.3. The molecule has 0 saturated heterocycles. The second-order valence-corrected chi connectivity index (χ2v) is 22.7. The number of alkyl halides is 18. The molecule has 100 heavy (non-hydrogen) atoms. The Labute approximate surface area is 559 Å². The summed E-state index contributed by atoms with van der Waals surface area (Å²) in [4.78, 5) is 6.02. The molecule has 0 radical (unpaired) electrons. The van der Waals surface area contributed by atoms with E-state index in [1.165, 1.54) is 51.1 Å². The van der Waals surface area contributed by atoms with Crippen LogP contribution in [-0.4, -0.2) is 0 Å². The van der Waals surface area contributed by atoms with Gasteiger partial charge in [0, 0.05) is 68.2 Å².